The van der Waals surface area contributed by atoms with Crippen molar-refractivity contribution in [1.82, 2.24) is 10.2 Å². The van der Waals surface area contributed by atoms with Crippen molar-refractivity contribution in [1.29, 1.82) is 0 Å². The molecular weight excluding hydrogens is 350 g/mol. The molecule has 1 heterocycles. The molecule has 7 heteroatoms. The van der Waals surface area contributed by atoms with E-state index in [2.05, 4.69) is 15.5 Å². The van der Waals surface area contributed by atoms with E-state index in [0.717, 1.165) is 11.4 Å². The number of rotatable bonds is 6. The van der Waals surface area contributed by atoms with E-state index in [0.29, 0.717) is 16.3 Å². The van der Waals surface area contributed by atoms with Crippen molar-refractivity contribution in [2.45, 2.75) is 13.3 Å². The molecule has 6 nitrogen and oxygen atoms in total. The molecule has 0 spiro atoms. The Hall–Kier alpha value is -3.19. The first kappa shape index (κ1) is 17.6. The maximum atomic E-state index is 12.3. The third-order valence-corrected chi connectivity index (χ3v) is 4.62. The summed E-state index contributed by atoms with van der Waals surface area (Å²) in [6.45, 7) is 1.96. The fourth-order valence-corrected chi connectivity index (χ4v) is 2.92. The van der Waals surface area contributed by atoms with E-state index in [1.807, 2.05) is 6.92 Å². The Kier molecular flexibility index (Phi) is 5.28. The van der Waals surface area contributed by atoms with Crippen molar-refractivity contribution >= 4 is 33.9 Å². The summed E-state index contributed by atoms with van der Waals surface area (Å²) in [4.78, 5) is 36.7. The van der Waals surface area contributed by atoms with Gasteiger partial charge in [0.1, 0.15) is 5.01 Å². The standard InChI is InChI=1S/C19H15N3O3S/c1-2-15-21-22-19(26-15)20-18(25)14-10-8-13(9-11-14)17(24)16(23)12-6-4-3-5-7-12/h3-11H,2H2,1H3,(H,20,22,25). The fraction of sp³-hybridized carbons (Fsp3) is 0.105. The quantitative estimate of drug-likeness (QED) is 0.534. The molecule has 0 saturated heterocycles. The first-order valence-corrected chi connectivity index (χ1v) is 8.78. The molecule has 0 fully saturated rings. The number of aromatic nitrogens is 2. The maximum absolute atomic E-state index is 12.3. The van der Waals surface area contributed by atoms with Crippen LogP contribution in [0.25, 0.3) is 0 Å². The SMILES string of the molecule is CCc1nnc(NC(=O)c2ccc(C(=O)C(=O)c3ccccc3)cc2)s1. The summed E-state index contributed by atoms with van der Waals surface area (Å²) in [5.74, 6) is -1.54. The molecule has 0 saturated carbocycles. The Labute approximate surface area is 153 Å². The molecule has 0 radical (unpaired) electrons. The number of hydrogen-bond acceptors (Lipinski definition) is 6. The van der Waals surface area contributed by atoms with Crippen LogP contribution in [-0.2, 0) is 6.42 Å². The van der Waals surface area contributed by atoms with E-state index in [4.69, 9.17) is 0 Å². The zero-order valence-corrected chi connectivity index (χ0v) is 14.7. The van der Waals surface area contributed by atoms with Gasteiger partial charge in [-0.3, -0.25) is 19.7 Å². The van der Waals surface area contributed by atoms with Crippen LogP contribution in [0.4, 0.5) is 5.13 Å². The van der Waals surface area contributed by atoms with Crippen LogP contribution >= 0.6 is 11.3 Å². The van der Waals surface area contributed by atoms with E-state index in [9.17, 15) is 14.4 Å². The average Bonchev–Trinajstić information content (AvgIpc) is 3.15. The van der Waals surface area contributed by atoms with E-state index < -0.39 is 11.6 Å². The largest absolute Gasteiger partial charge is 0.296 e. The Morgan fingerprint density at radius 1 is 0.846 bits per heavy atom. The fourth-order valence-electron chi connectivity index (χ4n) is 2.24. The summed E-state index contributed by atoms with van der Waals surface area (Å²) in [6, 6.07) is 14.3. The van der Waals surface area contributed by atoms with Gasteiger partial charge in [0.2, 0.25) is 16.7 Å². The highest BCUT2D eigenvalue weighted by Gasteiger charge is 2.18. The molecule has 26 heavy (non-hydrogen) atoms. The number of benzene rings is 2. The Bertz CT molecular complexity index is 950. The Morgan fingerprint density at radius 2 is 1.42 bits per heavy atom. The van der Waals surface area contributed by atoms with Gasteiger partial charge in [-0.15, -0.1) is 10.2 Å². The molecule has 0 bridgehead atoms. The Morgan fingerprint density at radius 3 is 2.00 bits per heavy atom. The van der Waals surface area contributed by atoms with Gasteiger partial charge in [0, 0.05) is 16.7 Å². The van der Waals surface area contributed by atoms with Gasteiger partial charge in [-0.25, -0.2) is 0 Å². The van der Waals surface area contributed by atoms with E-state index in [1.165, 1.54) is 35.6 Å². The lowest BCUT2D eigenvalue weighted by Gasteiger charge is -2.04. The highest BCUT2D eigenvalue weighted by atomic mass is 32.1. The number of carbonyl (C=O) groups excluding carboxylic acids is 3. The van der Waals surface area contributed by atoms with Crippen LogP contribution in [0.5, 0.6) is 0 Å². The molecule has 0 atom stereocenters. The van der Waals surface area contributed by atoms with Crippen molar-refractivity contribution in [2.75, 3.05) is 5.32 Å². The van der Waals surface area contributed by atoms with Gasteiger partial charge in [-0.1, -0.05) is 60.7 Å². The van der Waals surface area contributed by atoms with Gasteiger partial charge < -0.3 is 0 Å². The smallest absolute Gasteiger partial charge is 0.257 e. The van der Waals surface area contributed by atoms with Gasteiger partial charge in [0.05, 0.1) is 0 Å². The van der Waals surface area contributed by atoms with Gasteiger partial charge in [0.25, 0.3) is 5.91 Å². The molecule has 0 unspecified atom stereocenters. The number of amides is 1. The number of ketones is 2. The predicted octanol–water partition coefficient (Wildman–Crippen LogP) is 3.42. The first-order chi connectivity index (χ1) is 12.6. The number of hydrogen-bond donors (Lipinski definition) is 1. The summed E-state index contributed by atoms with van der Waals surface area (Å²) < 4.78 is 0. The zero-order chi connectivity index (χ0) is 18.5. The molecule has 2 aromatic carbocycles. The number of carbonyl (C=O) groups is 3. The lowest BCUT2D eigenvalue weighted by Crippen LogP contribution is -2.15. The van der Waals surface area contributed by atoms with Crippen molar-refractivity contribution in [2.24, 2.45) is 0 Å². The van der Waals surface area contributed by atoms with Crippen LogP contribution in [-0.4, -0.2) is 27.7 Å². The first-order valence-electron chi connectivity index (χ1n) is 7.96. The second-order valence-corrected chi connectivity index (χ2v) is 6.47. The predicted molar refractivity (Wildman–Crippen MR) is 98.8 cm³/mol. The third kappa shape index (κ3) is 3.89. The van der Waals surface area contributed by atoms with Crippen molar-refractivity contribution in [3.8, 4) is 0 Å². The molecule has 0 aliphatic rings. The number of Topliss-reactive ketones (excluding diaryl/α,β-unsaturated/α-hetero) is 2. The third-order valence-electron chi connectivity index (χ3n) is 3.64. The molecule has 3 aromatic rings. The van der Waals surface area contributed by atoms with Crippen molar-refractivity contribution in [3.05, 3.63) is 76.3 Å². The summed E-state index contributed by atoms with van der Waals surface area (Å²) in [7, 11) is 0. The molecule has 0 aliphatic carbocycles. The van der Waals surface area contributed by atoms with Crippen LogP contribution in [0.15, 0.2) is 54.6 Å². The summed E-state index contributed by atoms with van der Waals surface area (Å²) in [5.41, 5.74) is 0.934. The molecular formula is C19H15N3O3S. The lowest BCUT2D eigenvalue weighted by atomic mass is 10.0. The second kappa shape index (κ2) is 7.79. The monoisotopic (exact) mass is 365 g/mol. The van der Waals surface area contributed by atoms with Gasteiger partial charge in [0.15, 0.2) is 0 Å². The van der Waals surface area contributed by atoms with E-state index in [1.54, 1.807) is 30.3 Å². The topological polar surface area (TPSA) is 89.0 Å². The molecule has 0 aliphatic heterocycles. The molecule has 1 aromatic heterocycles. The van der Waals surface area contributed by atoms with E-state index >= 15 is 0 Å². The van der Waals surface area contributed by atoms with E-state index in [-0.39, 0.29) is 11.5 Å². The average molecular weight is 365 g/mol. The number of anilines is 1. The van der Waals surface area contributed by atoms with Crippen LogP contribution in [0.1, 0.15) is 43.0 Å². The maximum Gasteiger partial charge on any atom is 0.257 e. The van der Waals surface area contributed by atoms with Crippen LogP contribution in [0.3, 0.4) is 0 Å². The minimum Gasteiger partial charge on any atom is -0.296 e. The lowest BCUT2D eigenvalue weighted by molar-refractivity contribution is 0.0817. The van der Waals surface area contributed by atoms with Crippen molar-refractivity contribution < 1.29 is 14.4 Å². The van der Waals surface area contributed by atoms with Gasteiger partial charge in [-0.05, 0) is 18.6 Å². The van der Waals surface area contributed by atoms with Crippen LogP contribution in [0.2, 0.25) is 0 Å². The Balaban J connectivity index is 1.70. The second-order valence-electron chi connectivity index (χ2n) is 5.41. The van der Waals surface area contributed by atoms with Gasteiger partial charge >= 0.3 is 0 Å². The number of aryl methyl sites for hydroxylation is 1. The van der Waals surface area contributed by atoms with Crippen molar-refractivity contribution in [3.63, 3.8) is 0 Å². The molecule has 1 N–H and O–H groups in total. The zero-order valence-electron chi connectivity index (χ0n) is 13.9. The molecule has 3 rings (SSSR count). The van der Waals surface area contributed by atoms with Gasteiger partial charge in [-0.2, -0.15) is 0 Å². The summed E-state index contributed by atoms with van der Waals surface area (Å²) in [6.07, 6.45) is 0.750. The summed E-state index contributed by atoms with van der Waals surface area (Å²) in [5, 5.41) is 11.8. The highest BCUT2D eigenvalue weighted by Crippen LogP contribution is 2.17. The number of nitrogens with zero attached hydrogens (tertiary/aromatic N) is 2. The summed E-state index contributed by atoms with van der Waals surface area (Å²) >= 11 is 1.31. The minimum absolute atomic E-state index is 0.236. The molecule has 1 amide bonds. The molecule has 130 valence electrons. The van der Waals surface area contributed by atoms with Crippen LogP contribution in [0, 0.1) is 0 Å². The van der Waals surface area contributed by atoms with Crippen LogP contribution < -0.4 is 5.32 Å². The number of nitrogens with one attached hydrogen (secondary N) is 1. The highest BCUT2D eigenvalue weighted by molar-refractivity contribution is 7.15. The minimum atomic E-state index is -0.611. The normalized spacial score (nSPS) is 10.3.